The number of aryl methyl sites for hydroxylation is 1. The Labute approximate surface area is 169 Å². The van der Waals surface area contributed by atoms with Gasteiger partial charge in [-0.1, -0.05) is 47.4 Å². The number of aromatic nitrogens is 2. The van der Waals surface area contributed by atoms with Gasteiger partial charge in [-0.3, -0.25) is 4.79 Å². The molecule has 0 aliphatic heterocycles. The van der Waals surface area contributed by atoms with Crippen molar-refractivity contribution in [3.8, 4) is 17.1 Å². The van der Waals surface area contributed by atoms with Crippen molar-refractivity contribution in [1.82, 2.24) is 15.0 Å². The minimum atomic E-state index is -0.606. The van der Waals surface area contributed by atoms with E-state index in [2.05, 4.69) is 10.1 Å². The molecule has 0 aliphatic carbocycles. The Morgan fingerprint density at radius 2 is 2.00 bits per heavy atom. The Balaban J connectivity index is 1.65. The third-order valence-electron chi connectivity index (χ3n) is 4.23. The van der Waals surface area contributed by atoms with Crippen LogP contribution in [0.15, 0.2) is 53.1 Å². The van der Waals surface area contributed by atoms with Crippen LogP contribution in [0, 0.1) is 6.92 Å². The Bertz CT molecular complexity index is 940. The standard InChI is InChI=1S/C21H22ClN3O3/c1-4-18(27-17-10-8-16(22)9-11-17)21(26)25(3)13-19-23-20(24-28-19)15-7-5-6-14(2)12-15/h5-12,18H,4,13H2,1-3H3/t18-/m1/s1. The average Bonchev–Trinajstić information content (AvgIpc) is 3.15. The SMILES string of the molecule is CC[C@@H](Oc1ccc(Cl)cc1)C(=O)N(C)Cc1nc(-c2cccc(C)c2)no1. The van der Waals surface area contributed by atoms with Crippen molar-refractivity contribution in [3.63, 3.8) is 0 Å². The molecule has 28 heavy (non-hydrogen) atoms. The number of likely N-dealkylation sites (N-methyl/N-ethyl adjacent to an activating group) is 1. The highest BCUT2D eigenvalue weighted by molar-refractivity contribution is 6.30. The molecule has 3 rings (SSSR count). The van der Waals surface area contributed by atoms with Crippen LogP contribution < -0.4 is 4.74 Å². The van der Waals surface area contributed by atoms with Crippen molar-refractivity contribution >= 4 is 17.5 Å². The summed E-state index contributed by atoms with van der Waals surface area (Å²) in [5.41, 5.74) is 1.99. The largest absolute Gasteiger partial charge is 0.481 e. The van der Waals surface area contributed by atoms with Gasteiger partial charge < -0.3 is 14.2 Å². The Morgan fingerprint density at radius 1 is 1.25 bits per heavy atom. The monoisotopic (exact) mass is 399 g/mol. The molecule has 1 heterocycles. The molecule has 0 saturated carbocycles. The number of hydrogen-bond donors (Lipinski definition) is 0. The summed E-state index contributed by atoms with van der Waals surface area (Å²) in [7, 11) is 1.69. The lowest BCUT2D eigenvalue weighted by molar-refractivity contribution is -0.138. The van der Waals surface area contributed by atoms with Crippen molar-refractivity contribution < 1.29 is 14.1 Å². The zero-order valence-corrected chi connectivity index (χ0v) is 16.8. The highest BCUT2D eigenvalue weighted by atomic mass is 35.5. The molecule has 146 valence electrons. The zero-order valence-electron chi connectivity index (χ0n) is 16.1. The van der Waals surface area contributed by atoms with Crippen LogP contribution in [-0.2, 0) is 11.3 Å². The molecule has 0 aliphatic rings. The quantitative estimate of drug-likeness (QED) is 0.584. The number of carbonyl (C=O) groups is 1. The molecular weight excluding hydrogens is 378 g/mol. The van der Waals surface area contributed by atoms with E-state index in [4.69, 9.17) is 20.9 Å². The van der Waals surface area contributed by atoms with Gasteiger partial charge in [-0.2, -0.15) is 4.98 Å². The molecule has 0 fully saturated rings. The van der Waals surface area contributed by atoms with Gasteiger partial charge >= 0.3 is 0 Å². The fraction of sp³-hybridized carbons (Fsp3) is 0.286. The summed E-state index contributed by atoms with van der Waals surface area (Å²) in [6, 6.07) is 14.8. The second kappa shape index (κ2) is 8.89. The van der Waals surface area contributed by atoms with E-state index in [9.17, 15) is 4.79 Å². The molecule has 3 aromatic rings. The Hall–Kier alpha value is -2.86. The van der Waals surface area contributed by atoms with E-state index >= 15 is 0 Å². The van der Waals surface area contributed by atoms with Gasteiger partial charge in [0.1, 0.15) is 5.75 Å². The van der Waals surface area contributed by atoms with E-state index in [1.54, 1.807) is 31.3 Å². The van der Waals surface area contributed by atoms with Gasteiger partial charge in [0.15, 0.2) is 6.10 Å². The molecule has 2 aromatic carbocycles. The number of rotatable bonds is 7. The molecule has 0 saturated heterocycles. The summed E-state index contributed by atoms with van der Waals surface area (Å²) >= 11 is 5.89. The maximum Gasteiger partial charge on any atom is 0.263 e. The van der Waals surface area contributed by atoms with Crippen LogP contribution in [-0.4, -0.2) is 34.1 Å². The van der Waals surface area contributed by atoms with Gasteiger partial charge in [0, 0.05) is 17.6 Å². The van der Waals surface area contributed by atoms with Crippen molar-refractivity contribution in [2.24, 2.45) is 0 Å². The average molecular weight is 400 g/mol. The molecule has 0 unspecified atom stereocenters. The number of amides is 1. The maximum absolute atomic E-state index is 12.8. The third kappa shape index (κ3) is 4.89. The summed E-state index contributed by atoms with van der Waals surface area (Å²) < 4.78 is 11.1. The first-order chi connectivity index (χ1) is 13.5. The van der Waals surface area contributed by atoms with Gasteiger partial charge in [0.2, 0.25) is 11.7 Å². The first-order valence-corrected chi connectivity index (χ1v) is 9.41. The molecule has 7 heteroatoms. The van der Waals surface area contributed by atoms with Gasteiger partial charge in [-0.05, 0) is 43.7 Å². The second-order valence-electron chi connectivity index (χ2n) is 6.54. The minimum absolute atomic E-state index is 0.159. The topological polar surface area (TPSA) is 68.5 Å². The first-order valence-electron chi connectivity index (χ1n) is 9.03. The lowest BCUT2D eigenvalue weighted by Gasteiger charge is -2.22. The summed E-state index contributed by atoms with van der Waals surface area (Å²) in [6.07, 6.45) is -0.0742. The van der Waals surface area contributed by atoms with E-state index in [0.29, 0.717) is 28.9 Å². The van der Waals surface area contributed by atoms with Crippen LogP contribution in [0.2, 0.25) is 5.02 Å². The summed E-state index contributed by atoms with van der Waals surface area (Å²) in [5.74, 6) is 1.31. The fourth-order valence-corrected chi connectivity index (χ4v) is 2.86. The number of benzene rings is 2. The number of halogens is 1. The first kappa shape index (κ1) is 19.9. The lowest BCUT2D eigenvalue weighted by atomic mass is 10.1. The van der Waals surface area contributed by atoms with Crippen LogP contribution in [0.25, 0.3) is 11.4 Å². The molecular formula is C21H22ClN3O3. The molecule has 1 aromatic heterocycles. The van der Waals surface area contributed by atoms with Crippen molar-refractivity contribution in [2.45, 2.75) is 32.9 Å². The van der Waals surface area contributed by atoms with E-state index < -0.39 is 6.10 Å². The van der Waals surface area contributed by atoms with Gasteiger partial charge in [0.25, 0.3) is 5.91 Å². The van der Waals surface area contributed by atoms with E-state index in [1.165, 1.54) is 4.90 Å². The maximum atomic E-state index is 12.8. The predicted molar refractivity (Wildman–Crippen MR) is 107 cm³/mol. The Morgan fingerprint density at radius 3 is 2.68 bits per heavy atom. The van der Waals surface area contributed by atoms with Gasteiger partial charge in [0.05, 0.1) is 6.54 Å². The van der Waals surface area contributed by atoms with E-state index in [0.717, 1.165) is 11.1 Å². The highest BCUT2D eigenvalue weighted by Gasteiger charge is 2.24. The van der Waals surface area contributed by atoms with Crippen molar-refractivity contribution in [2.75, 3.05) is 7.05 Å². The molecule has 0 spiro atoms. The minimum Gasteiger partial charge on any atom is -0.481 e. The third-order valence-corrected chi connectivity index (χ3v) is 4.48. The molecule has 6 nitrogen and oxygen atoms in total. The predicted octanol–water partition coefficient (Wildman–Crippen LogP) is 4.51. The number of carbonyl (C=O) groups excluding carboxylic acids is 1. The van der Waals surface area contributed by atoms with Gasteiger partial charge in [-0.15, -0.1) is 0 Å². The number of ether oxygens (including phenoxy) is 1. The molecule has 0 radical (unpaired) electrons. The number of nitrogens with zero attached hydrogens (tertiary/aromatic N) is 3. The van der Waals surface area contributed by atoms with Crippen LogP contribution in [0.1, 0.15) is 24.8 Å². The number of hydrogen-bond acceptors (Lipinski definition) is 5. The van der Waals surface area contributed by atoms with Crippen LogP contribution in [0.3, 0.4) is 0 Å². The van der Waals surface area contributed by atoms with Crippen LogP contribution >= 0.6 is 11.6 Å². The Kier molecular flexibility index (Phi) is 6.31. The normalized spacial score (nSPS) is 11.9. The van der Waals surface area contributed by atoms with Crippen LogP contribution in [0.5, 0.6) is 5.75 Å². The smallest absolute Gasteiger partial charge is 0.263 e. The van der Waals surface area contributed by atoms with Crippen LogP contribution in [0.4, 0.5) is 0 Å². The fourth-order valence-electron chi connectivity index (χ4n) is 2.73. The molecule has 0 N–H and O–H groups in total. The highest BCUT2D eigenvalue weighted by Crippen LogP contribution is 2.20. The molecule has 1 atom stereocenters. The lowest BCUT2D eigenvalue weighted by Crippen LogP contribution is -2.39. The van der Waals surface area contributed by atoms with Gasteiger partial charge in [-0.25, -0.2) is 0 Å². The summed E-state index contributed by atoms with van der Waals surface area (Å²) in [6.45, 7) is 4.11. The van der Waals surface area contributed by atoms with E-state index in [-0.39, 0.29) is 12.5 Å². The molecule has 0 bridgehead atoms. The second-order valence-corrected chi connectivity index (χ2v) is 6.98. The van der Waals surface area contributed by atoms with E-state index in [1.807, 2.05) is 38.1 Å². The van der Waals surface area contributed by atoms with Crippen molar-refractivity contribution in [1.29, 1.82) is 0 Å². The zero-order chi connectivity index (χ0) is 20.1. The summed E-state index contributed by atoms with van der Waals surface area (Å²) in [4.78, 5) is 18.7. The summed E-state index contributed by atoms with van der Waals surface area (Å²) in [5, 5.41) is 4.63. The molecule has 1 amide bonds. The van der Waals surface area contributed by atoms with Crippen molar-refractivity contribution in [3.05, 3.63) is 65.0 Å².